The Kier molecular flexibility index (Phi) is 3.05. The maximum Gasteiger partial charge on any atom is 0.0610 e. The normalized spacial score (nSPS) is 11.7. The molecule has 0 bridgehead atoms. The van der Waals surface area contributed by atoms with Crippen LogP contribution in [0.4, 0.5) is 0 Å². The molecule has 0 aromatic carbocycles. The highest BCUT2D eigenvalue weighted by atomic mass is 15.3. The second-order valence-corrected chi connectivity index (χ2v) is 2.93. The molecule has 1 heterocycles. The zero-order chi connectivity index (χ0) is 8.97. The molecule has 0 spiro atoms. The Balaban J connectivity index is 2.84. The van der Waals surface area contributed by atoms with Crippen LogP contribution in [0.25, 0.3) is 6.08 Å². The van der Waals surface area contributed by atoms with E-state index in [9.17, 15) is 0 Å². The summed E-state index contributed by atoms with van der Waals surface area (Å²) in [6.45, 7) is 4.78. The molecular weight excluding hydrogens is 150 g/mol. The molecule has 1 rings (SSSR count). The van der Waals surface area contributed by atoms with E-state index in [1.807, 2.05) is 22.9 Å². The summed E-state index contributed by atoms with van der Waals surface area (Å²) in [5.74, 6) is 0. The lowest BCUT2D eigenvalue weighted by atomic mass is 10.3. The molecule has 0 amide bonds. The lowest BCUT2D eigenvalue weighted by Gasteiger charge is -2.07. The van der Waals surface area contributed by atoms with Crippen molar-refractivity contribution in [2.24, 2.45) is 5.73 Å². The van der Waals surface area contributed by atoms with Gasteiger partial charge >= 0.3 is 0 Å². The summed E-state index contributed by atoms with van der Waals surface area (Å²) >= 11 is 0. The maximum absolute atomic E-state index is 5.35. The van der Waals surface area contributed by atoms with Crippen molar-refractivity contribution in [3.8, 4) is 0 Å². The van der Waals surface area contributed by atoms with Crippen molar-refractivity contribution in [3.05, 3.63) is 24.0 Å². The second kappa shape index (κ2) is 4.07. The van der Waals surface area contributed by atoms with E-state index in [0.717, 1.165) is 5.69 Å². The van der Waals surface area contributed by atoms with E-state index in [0.29, 0.717) is 12.6 Å². The summed E-state index contributed by atoms with van der Waals surface area (Å²) in [4.78, 5) is 0. The van der Waals surface area contributed by atoms with Crippen LogP contribution in [0.5, 0.6) is 0 Å². The van der Waals surface area contributed by atoms with E-state index in [-0.39, 0.29) is 0 Å². The van der Waals surface area contributed by atoms with Gasteiger partial charge in [-0.05, 0) is 26.0 Å². The van der Waals surface area contributed by atoms with Crippen molar-refractivity contribution in [3.63, 3.8) is 0 Å². The third kappa shape index (κ3) is 1.95. The predicted octanol–water partition coefficient (Wildman–Crippen LogP) is 1.44. The molecule has 0 unspecified atom stereocenters. The molecule has 0 atom stereocenters. The fourth-order valence-electron chi connectivity index (χ4n) is 1.08. The molecule has 0 aliphatic rings. The SMILES string of the molecule is CC(C)n1nccc1/C=C/CN. The molecule has 0 radical (unpaired) electrons. The van der Waals surface area contributed by atoms with Gasteiger partial charge in [-0.1, -0.05) is 6.08 Å². The number of hydrogen-bond donors (Lipinski definition) is 1. The molecule has 0 aliphatic carbocycles. The topological polar surface area (TPSA) is 43.8 Å². The van der Waals surface area contributed by atoms with Crippen molar-refractivity contribution in [2.75, 3.05) is 6.54 Å². The van der Waals surface area contributed by atoms with Gasteiger partial charge in [-0.25, -0.2) is 0 Å². The summed E-state index contributed by atoms with van der Waals surface area (Å²) in [6, 6.07) is 2.38. The van der Waals surface area contributed by atoms with Crippen molar-refractivity contribution < 1.29 is 0 Å². The van der Waals surface area contributed by atoms with Gasteiger partial charge < -0.3 is 5.73 Å². The molecule has 3 heteroatoms. The van der Waals surface area contributed by atoms with E-state index in [2.05, 4.69) is 18.9 Å². The summed E-state index contributed by atoms with van der Waals surface area (Å²) < 4.78 is 1.96. The summed E-state index contributed by atoms with van der Waals surface area (Å²) in [5, 5.41) is 4.19. The largest absolute Gasteiger partial charge is 0.327 e. The Morgan fingerprint density at radius 1 is 1.67 bits per heavy atom. The van der Waals surface area contributed by atoms with Gasteiger partial charge in [0.2, 0.25) is 0 Å². The highest BCUT2D eigenvalue weighted by Crippen LogP contribution is 2.08. The fraction of sp³-hybridized carbons (Fsp3) is 0.444. The molecule has 0 aliphatic heterocycles. The first-order chi connectivity index (χ1) is 5.75. The Morgan fingerprint density at radius 2 is 2.42 bits per heavy atom. The third-order valence-electron chi connectivity index (χ3n) is 1.61. The average Bonchev–Trinajstić information content (AvgIpc) is 2.48. The van der Waals surface area contributed by atoms with Crippen LogP contribution in [0, 0.1) is 0 Å². The van der Waals surface area contributed by atoms with Crippen LogP contribution >= 0.6 is 0 Å². The van der Waals surface area contributed by atoms with Crippen LogP contribution < -0.4 is 5.73 Å². The molecule has 0 fully saturated rings. The number of nitrogens with two attached hydrogens (primary N) is 1. The van der Waals surface area contributed by atoms with Crippen LogP contribution in [-0.2, 0) is 0 Å². The predicted molar refractivity (Wildman–Crippen MR) is 50.7 cm³/mol. The van der Waals surface area contributed by atoms with Gasteiger partial charge in [0.1, 0.15) is 0 Å². The maximum atomic E-state index is 5.35. The Labute approximate surface area is 72.9 Å². The third-order valence-corrected chi connectivity index (χ3v) is 1.61. The number of nitrogens with zero attached hydrogens (tertiary/aromatic N) is 2. The van der Waals surface area contributed by atoms with Crippen LogP contribution in [0.1, 0.15) is 25.6 Å². The standard InChI is InChI=1S/C9H15N3/c1-8(2)12-9(4-3-6-10)5-7-11-12/h3-5,7-8H,6,10H2,1-2H3/b4-3+. The van der Waals surface area contributed by atoms with Gasteiger partial charge in [-0.15, -0.1) is 0 Å². The second-order valence-electron chi connectivity index (χ2n) is 2.93. The van der Waals surface area contributed by atoms with E-state index in [4.69, 9.17) is 5.73 Å². The molecule has 2 N–H and O–H groups in total. The van der Waals surface area contributed by atoms with Crippen molar-refractivity contribution in [2.45, 2.75) is 19.9 Å². The Bertz CT molecular complexity index is 260. The first-order valence-electron chi connectivity index (χ1n) is 4.16. The van der Waals surface area contributed by atoms with Crippen LogP contribution in [0.15, 0.2) is 18.3 Å². The van der Waals surface area contributed by atoms with Gasteiger partial charge in [0, 0.05) is 18.8 Å². The Morgan fingerprint density at radius 3 is 3.00 bits per heavy atom. The van der Waals surface area contributed by atoms with Crippen molar-refractivity contribution >= 4 is 6.08 Å². The van der Waals surface area contributed by atoms with Crippen LogP contribution in [0.2, 0.25) is 0 Å². The van der Waals surface area contributed by atoms with Gasteiger partial charge in [-0.3, -0.25) is 4.68 Å². The van der Waals surface area contributed by atoms with Gasteiger partial charge in [0.25, 0.3) is 0 Å². The molecule has 66 valence electrons. The van der Waals surface area contributed by atoms with Crippen LogP contribution in [-0.4, -0.2) is 16.3 Å². The number of aromatic nitrogens is 2. The smallest absolute Gasteiger partial charge is 0.0610 e. The first-order valence-corrected chi connectivity index (χ1v) is 4.16. The molecule has 0 saturated heterocycles. The minimum atomic E-state index is 0.400. The zero-order valence-electron chi connectivity index (χ0n) is 7.57. The molecular formula is C9H15N3. The molecule has 12 heavy (non-hydrogen) atoms. The van der Waals surface area contributed by atoms with Gasteiger partial charge in [0.05, 0.1) is 5.69 Å². The van der Waals surface area contributed by atoms with E-state index in [1.54, 1.807) is 6.20 Å². The lowest BCUT2D eigenvalue weighted by molar-refractivity contribution is 0.528. The number of hydrogen-bond acceptors (Lipinski definition) is 2. The highest BCUT2D eigenvalue weighted by Gasteiger charge is 2.01. The summed E-state index contributed by atoms with van der Waals surface area (Å²) in [5.41, 5.74) is 6.46. The highest BCUT2D eigenvalue weighted by molar-refractivity contribution is 5.44. The zero-order valence-corrected chi connectivity index (χ0v) is 7.57. The first kappa shape index (κ1) is 9.00. The van der Waals surface area contributed by atoms with E-state index < -0.39 is 0 Å². The van der Waals surface area contributed by atoms with Crippen LogP contribution in [0.3, 0.4) is 0 Å². The minimum absolute atomic E-state index is 0.400. The minimum Gasteiger partial charge on any atom is -0.327 e. The van der Waals surface area contributed by atoms with Gasteiger partial charge in [-0.2, -0.15) is 5.10 Å². The molecule has 3 nitrogen and oxygen atoms in total. The van der Waals surface area contributed by atoms with Gasteiger partial charge in [0.15, 0.2) is 0 Å². The van der Waals surface area contributed by atoms with Crippen molar-refractivity contribution in [1.82, 2.24) is 9.78 Å². The summed E-state index contributed by atoms with van der Waals surface area (Å²) in [7, 11) is 0. The van der Waals surface area contributed by atoms with E-state index >= 15 is 0 Å². The molecule has 1 aromatic rings. The van der Waals surface area contributed by atoms with Crippen molar-refractivity contribution in [1.29, 1.82) is 0 Å². The summed E-state index contributed by atoms with van der Waals surface area (Å²) in [6.07, 6.45) is 5.72. The fourth-order valence-corrected chi connectivity index (χ4v) is 1.08. The molecule has 1 aromatic heterocycles. The molecule has 0 saturated carbocycles. The average molecular weight is 165 g/mol. The Hall–Kier alpha value is -1.09. The monoisotopic (exact) mass is 165 g/mol. The quantitative estimate of drug-likeness (QED) is 0.736. The van der Waals surface area contributed by atoms with E-state index in [1.165, 1.54) is 0 Å². The number of rotatable bonds is 3. The lowest BCUT2D eigenvalue weighted by Crippen LogP contribution is -2.04.